The van der Waals surface area contributed by atoms with Gasteiger partial charge < -0.3 is 5.11 Å². The summed E-state index contributed by atoms with van der Waals surface area (Å²) in [5.74, 6) is 0.713. The van der Waals surface area contributed by atoms with E-state index in [2.05, 4.69) is 19.1 Å². The number of Topliss-reactive ketones (excluding diaryl/α,β-unsaturated/α-hetero) is 1. The summed E-state index contributed by atoms with van der Waals surface area (Å²) in [5.41, 5.74) is 1.30. The Bertz CT molecular complexity index is 382. The first-order valence-corrected chi connectivity index (χ1v) is 7.05. The van der Waals surface area contributed by atoms with Crippen molar-refractivity contribution < 1.29 is 9.90 Å². The number of ketones is 1. The van der Waals surface area contributed by atoms with E-state index in [1.54, 1.807) is 6.08 Å². The Balaban J connectivity index is 2.13. The van der Waals surface area contributed by atoms with Crippen molar-refractivity contribution in [2.75, 3.05) is 6.61 Å². The van der Waals surface area contributed by atoms with Gasteiger partial charge in [0.15, 0.2) is 0 Å². The van der Waals surface area contributed by atoms with Gasteiger partial charge in [-0.15, -0.1) is 0 Å². The number of carbonyl (C=O) groups excluding carboxylic acids is 1. The molecule has 1 aromatic carbocycles. The van der Waals surface area contributed by atoms with Gasteiger partial charge in [0.2, 0.25) is 0 Å². The zero-order valence-electron chi connectivity index (χ0n) is 11.7. The van der Waals surface area contributed by atoms with E-state index in [0.29, 0.717) is 24.5 Å². The van der Waals surface area contributed by atoms with Crippen molar-refractivity contribution in [2.45, 2.75) is 39.0 Å². The van der Waals surface area contributed by atoms with Crippen LogP contribution in [0.2, 0.25) is 0 Å². The van der Waals surface area contributed by atoms with Crippen LogP contribution in [0.15, 0.2) is 42.5 Å². The first kappa shape index (κ1) is 15.6. The fourth-order valence-corrected chi connectivity index (χ4v) is 2.04. The average molecular weight is 260 g/mol. The molecule has 1 atom stereocenters. The van der Waals surface area contributed by atoms with E-state index in [9.17, 15) is 4.79 Å². The summed E-state index contributed by atoms with van der Waals surface area (Å²) in [6, 6.07) is 10.3. The number of allylic oxidation sites excluding steroid dienone is 1. The standard InChI is InChI=1S/C17H24O2/c1-15(7-6-14-18)12-13-17(19)11-5-10-16-8-3-2-4-9-16/h2-4,6-9,15,18H,5,10-14H2,1H3/b7-6+. The molecule has 1 rings (SSSR count). The Morgan fingerprint density at radius 2 is 2.00 bits per heavy atom. The molecule has 104 valence electrons. The van der Waals surface area contributed by atoms with Gasteiger partial charge in [0, 0.05) is 12.8 Å². The lowest BCUT2D eigenvalue weighted by Gasteiger charge is -2.05. The van der Waals surface area contributed by atoms with Crippen LogP contribution in [0.25, 0.3) is 0 Å². The molecule has 2 heteroatoms. The van der Waals surface area contributed by atoms with E-state index in [-0.39, 0.29) is 6.61 Å². The van der Waals surface area contributed by atoms with E-state index in [1.807, 2.05) is 24.3 Å². The number of aliphatic hydroxyl groups excluding tert-OH is 1. The number of benzene rings is 1. The maximum atomic E-state index is 11.7. The van der Waals surface area contributed by atoms with Crippen LogP contribution in [0.3, 0.4) is 0 Å². The number of aryl methyl sites for hydroxylation is 1. The van der Waals surface area contributed by atoms with Gasteiger partial charge in [-0.25, -0.2) is 0 Å². The quantitative estimate of drug-likeness (QED) is 0.689. The Kier molecular flexibility index (Phi) is 7.83. The summed E-state index contributed by atoms with van der Waals surface area (Å²) in [7, 11) is 0. The lowest BCUT2D eigenvalue weighted by atomic mass is 10.00. The van der Waals surface area contributed by atoms with Gasteiger partial charge in [-0.1, -0.05) is 49.4 Å². The van der Waals surface area contributed by atoms with E-state index < -0.39 is 0 Å². The molecule has 0 aromatic heterocycles. The first-order valence-electron chi connectivity index (χ1n) is 7.05. The molecule has 1 aromatic rings. The molecular weight excluding hydrogens is 236 g/mol. The molecule has 0 aliphatic rings. The van der Waals surface area contributed by atoms with E-state index in [0.717, 1.165) is 19.3 Å². The maximum absolute atomic E-state index is 11.7. The molecule has 0 radical (unpaired) electrons. The summed E-state index contributed by atoms with van der Waals surface area (Å²) in [6.45, 7) is 2.15. The molecule has 0 aliphatic carbocycles. The zero-order chi connectivity index (χ0) is 13.9. The number of hydrogen-bond acceptors (Lipinski definition) is 2. The minimum Gasteiger partial charge on any atom is -0.392 e. The Morgan fingerprint density at radius 3 is 2.68 bits per heavy atom. The van der Waals surface area contributed by atoms with Crippen molar-refractivity contribution in [3.05, 3.63) is 48.0 Å². The molecular formula is C17H24O2. The molecule has 0 heterocycles. The average Bonchev–Trinajstić information content (AvgIpc) is 2.44. The molecule has 0 fully saturated rings. The third kappa shape index (κ3) is 7.58. The predicted molar refractivity (Wildman–Crippen MR) is 79.0 cm³/mol. The number of rotatable bonds is 9. The van der Waals surface area contributed by atoms with Crippen molar-refractivity contribution >= 4 is 5.78 Å². The van der Waals surface area contributed by atoms with Crippen molar-refractivity contribution in [2.24, 2.45) is 5.92 Å². The van der Waals surface area contributed by atoms with Crippen LogP contribution in [-0.4, -0.2) is 17.5 Å². The fraction of sp³-hybridized carbons (Fsp3) is 0.471. The molecule has 2 nitrogen and oxygen atoms in total. The van der Waals surface area contributed by atoms with E-state index in [1.165, 1.54) is 5.56 Å². The molecule has 1 N–H and O–H groups in total. The van der Waals surface area contributed by atoms with Gasteiger partial charge in [0.25, 0.3) is 0 Å². The highest BCUT2D eigenvalue weighted by atomic mass is 16.2. The normalized spacial score (nSPS) is 12.7. The van der Waals surface area contributed by atoms with Crippen LogP contribution >= 0.6 is 0 Å². The van der Waals surface area contributed by atoms with Gasteiger partial charge in [0.1, 0.15) is 5.78 Å². The largest absolute Gasteiger partial charge is 0.392 e. The highest BCUT2D eigenvalue weighted by molar-refractivity contribution is 5.78. The van der Waals surface area contributed by atoms with Gasteiger partial charge in [-0.05, 0) is 30.7 Å². The lowest BCUT2D eigenvalue weighted by molar-refractivity contribution is -0.119. The maximum Gasteiger partial charge on any atom is 0.132 e. The second kappa shape index (κ2) is 9.51. The minimum absolute atomic E-state index is 0.0787. The Hall–Kier alpha value is -1.41. The number of carbonyl (C=O) groups is 1. The molecule has 1 unspecified atom stereocenters. The van der Waals surface area contributed by atoms with Gasteiger partial charge in [0.05, 0.1) is 6.61 Å². The molecule has 0 bridgehead atoms. The minimum atomic E-state index is 0.0787. The van der Waals surface area contributed by atoms with E-state index in [4.69, 9.17) is 5.11 Å². The van der Waals surface area contributed by atoms with Crippen LogP contribution in [0.5, 0.6) is 0 Å². The van der Waals surface area contributed by atoms with Gasteiger partial charge in [-0.2, -0.15) is 0 Å². The van der Waals surface area contributed by atoms with Crippen LogP contribution in [-0.2, 0) is 11.2 Å². The molecule has 19 heavy (non-hydrogen) atoms. The van der Waals surface area contributed by atoms with Crippen LogP contribution < -0.4 is 0 Å². The highest BCUT2D eigenvalue weighted by Gasteiger charge is 2.05. The molecule has 0 aliphatic heterocycles. The van der Waals surface area contributed by atoms with Crippen molar-refractivity contribution in [3.8, 4) is 0 Å². The summed E-state index contributed by atoms with van der Waals surface area (Å²) in [6.07, 6.45) is 7.82. The lowest BCUT2D eigenvalue weighted by Crippen LogP contribution is -2.02. The van der Waals surface area contributed by atoms with E-state index >= 15 is 0 Å². The predicted octanol–water partition coefficient (Wildman–Crippen LogP) is 3.54. The molecule has 0 saturated heterocycles. The first-order chi connectivity index (χ1) is 9.22. The van der Waals surface area contributed by atoms with Crippen molar-refractivity contribution in [3.63, 3.8) is 0 Å². The Morgan fingerprint density at radius 1 is 1.26 bits per heavy atom. The topological polar surface area (TPSA) is 37.3 Å². The third-order valence-electron chi connectivity index (χ3n) is 3.21. The second-order valence-corrected chi connectivity index (χ2v) is 5.00. The van der Waals surface area contributed by atoms with Crippen LogP contribution in [0, 0.1) is 5.92 Å². The molecule has 0 amide bonds. The second-order valence-electron chi connectivity index (χ2n) is 5.00. The van der Waals surface area contributed by atoms with Crippen LogP contribution in [0.4, 0.5) is 0 Å². The summed E-state index contributed by atoms with van der Waals surface area (Å²) in [4.78, 5) is 11.7. The summed E-state index contributed by atoms with van der Waals surface area (Å²) < 4.78 is 0. The SMILES string of the molecule is CC(/C=C/CO)CCC(=O)CCCc1ccccc1. The van der Waals surface area contributed by atoms with Crippen LogP contribution in [0.1, 0.15) is 38.2 Å². The van der Waals surface area contributed by atoms with Crippen molar-refractivity contribution in [1.82, 2.24) is 0 Å². The Labute approximate surface area is 116 Å². The molecule has 0 spiro atoms. The highest BCUT2D eigenvalue weighted by Crippen LogP contribution is 2.11. The smallest absolute Gasteiger partial charge is 0.132 e. The van der Waals surface area contributed by atoms with Gasteiger partial charge in [-0.3, -0.25) is 4.79 Å². The summed E-state index contributed by atoms with van der Waals surface area (Å²) in [5, 5.41) is 8.66. The molecule has 0 saturated carbocycles. The number of hydrogen-bond donors (Lipinski definition) is 1. The number of aliphatic hydroxyl groups is 1. The monoisotopic (exact) mass is 260 g/mol. The van der Waals surface area contributed by atoms with Crippen molar-refractivity contribution in [1.29, 1.82) is 0 Å². The fourth-order valence-electron chi connectivity index (χ4n) is 2.04. The third-order valence-corrected chi connectivity index (χ3v) is 3.21. The van der Waals surface area contributed by atoms with Gasteiger partial charge >= 0.3 is 0 Å². The zero-order valence-corrected chi connectivity index (χ0v) is 11.7. The summed E-state index contributed by atoms with van der Waals surface area (Å²) >= 11 is 0.